The van der Waals surface area contributed by atoms with Crippen molar-refractivity contribution in [2.45, 2.75) is 80.1 Å². The number of fused-ring (bicyclic) bond motifs is 4. The number of hydrogen-bond donors (Lipinski definition) is 3. The number of nitrogens with one attached hydrogen (secondary N) is 2. The Hall–Kier alpha value is -0.600. The average molecular weight is 474 g/mol. The van der Waals surface area contributed by atoms with Crippen LogP contribution in [-0.2, 0) is 14.3 Å². The molecule has 0 aromatic heterocycles. The molecule has 2 amide bonds. The van der Waals surface area contributed by atoms with Gasteiger partial charge in [0.15, 0.2) is 0 Å². The minimum absolute atomic E-state index is 0.0178. The van der Waals surface area contributed by atoms with E-state index in [9.17, 15) is 14.7 Å². The quantitative estimate of drug-likeness (QED) is 0.522. The van der Waals surface area contributed by atoms with Gasteiger partial charge in [0, 0.05) is 24.7 Å². The molecular formula is C22H33Cl2N3O4. The Kier molecular flexibility index (Phi) is 6.19. The second-order valence-corrected chi connectivity index (χ2v) is 11.2. The molecule has 0 radical (unpaired) electrons. The average Bonchev–Trinajstić information content (AvgIpc) is 3.16. The van der Waals surface area contributed by atoms with Crippen molar-refractivity contribution >= 4 is 35.0 Å². The number of nitrogens with zero attached hydrogens (tertiary/aromatic N) is 1. The van der Waals surface area contributed by atoms with E-state index < -0.39 is 6.61 Å². The molecule has 5 aliphatic rings. The molecular weight excluding hydrogens is 441 g/mol. The van der Waals surface area contributed by atoms with Gasteiger partial charge in [-0.15, -0.1) is 23.2 Å². The van der Waals surface area contributed by atoms with Crippen LogP contribution in [-0.4, -0.2) is 82.6 Å². The van der Waals surface area contributed by atoms with E-state index in [-0.39, 0.29) is 53.4 Å². The number of aliphatic hydroxyl groups is 1. The van der Waals surface area contributed by atoms with Gasteiger partial charge in [0.25, 0.3) is 0 Å². The molecule has 7 nitrogen and oxygen atoms in total. The number of rotatable bonds is 2. The highest BCUT2D eigenvalue weighted by Crippen LogP contribution is 2.53. The van der Waals surface area contributed by atoms with E-state index >= 15 is 0 Å². The fraction of sp³-hybridized carbons (Fsp3) is 0.909. The number of ether oxygens (including phenoxy) is 1. The van der Waals surface area contributed by atoms with Crippen LogP contribution in [0, 0.1) is 23.7 Å². The van der Waals surface area contributed by atoms with Gasteiger partial charge in [0.05, 0.1) is 22.9 Å². The number of carbonyl (C=O) groups is 2. The van der Waals surface area contributed by atoms with Crippen LogP contribution in [0.5, 0.6) is 0 Å². The van der Waals surface area contributed by atoms with Crippen LogP contribution in [0.3, 0.4) is 0 Å². The molecule has 10 unspecified atom stereocenters. The number of aliphatic hydroxyl groups excluding tert-OH is 1. The van der Waals surface area contributed by atoms with Gasteiger partial charge in [-0.25, -0.2) is 0 Å². The molecule has 5 rings (SSSR count). The molecule has 5 fully saturated rings. The van der Waals surface area contributed by atoms with Crippen molar-refractivity contribution in [1.29, 1.82) is 0 Å². The van der Waals surface area contributed by atoms with Crippen LogP contribution < -0.4 is 10.6 Å². The lowest BCUT2D eigenvalue weighted by atomic mass is 9.60. The summed E-state index contributed by atoms with van der Waals surface area (Å²) in [4.78, 5) is 25.9. The third-order valence-electron chi connectivity index (χ3n) is 8.81. The third kappa shape index (κ3) is 3.78. The lowest BCUT2D eigenvalue weighted by molar-refractivity contribution is -0.143. The molecule has 0 aromatic rings. The number of likely N-dealkylation sites (tertiary alicyclic amines) is 1. The van der Waals surface area contributed by atoms with Gasteiger partial charge in [-0.05, 0) is 62.7 Å². The van der Waals surface area contributed by atoms with Crippen molar-refractivity contribution in [3.63, 3.8) is 0 Å². The maximum Gasteiger partial charge on any atom is 0.248 e. The summed E-state index contributed by atoms with van der Waals surface area (Å²) in [5.41, 5.74) is 0. The highest BCUT2D eigenvalue weighted by molar-refractivity contribution is 6.30. The largest absolute Gasteiger partial charge is 0.387 e. The SMILES string of the molecule is C[C@H]1C2C(CCN1C(=O)CO)NC1C(Cl)C(Cl)CC(C3CCC4NC(=O)COC4C3)C12. The van der Waals surface area contributed by atoms with Gasteiger partial charge in [-0.3, -0.25) is 9.59 Å². The van der Waals surface area contributed by atoms with Crippen LogP contribution in [0.2, 0.25) is 0 Å². The fourth-order valence-electron chi connectivity index (χ4n) is 7.51. The first-order chi connectivity index (χ1) is 14.9. The van der Waals surface area contributed by atoms with E-state index in [1.165, 1.54) is 0 Å². The fourth-order valence-corrected chi connectivity index (χ4v) is 8.21. The van der Waals surface area contributed by atoms with Gasteiger partial charge in [-0.2, -0.15) is 0 Å². The molecule has 3 heterocycles. The predicted molar refractivity (Wildman–Crippen MR) is 117 cm³/mol. The standard InChI is InChI=1S/C22H33Cl2N3O4/c1-10-19-15(4-5-27(10)18(30)8-28)26-22-20(19)12(7-13(23)21(22)24)11-2-3-14-16(6-11)31-9-17(29)25-14/h10-16,19-22,26,28H,2-9H2,1H3,(H,25,29)/t10-,11?,12?,13?,14?,15?,16?,19?,20?,21?,22?/m0/s1. The lowest BCUT2D eigenvalue weighted by Crippen LogP contribution is -2.58. The number of halogens is 2. The van der Waals surface area contributed by atoms with Crippen LogP contribution >= 0.6 is 23.2 Å². The Labute approximate surface area is 193 Å². The van der Waals surface area contributed by atoms with Crippen LogP contribution in [0.4, 0.5) is 0 Å². The number of hydrogen-bond acceptors (Lipinski definition) is 5. The smallest absolute Gasteiger partial charge is 0.248 e. The molecule has 31 heavy (non-hydrogen) atoms. The lowest BCUT2D eigenvalue weighted by Gasteiger charge is -2.51. The molecule has 11 atom stereocenters. The Morgan fingerprint density at radius 2 is 2.00 bits per heavy atom. The van der Waals surface area contributed by atoms with E-state index in [0.717, 1.165) is 32.1 Å². The van der Waals surface area contributed by atoms with Gasteiger partial charge in [0.1, 0.15) is 13.2 Å². The Bertz CT molecular complexity index is 727. The summed E-state index contributed by atoms with van der Waals surface area (Å²) in [7, 11) is 0. The molecule has 2 saturated carbocycles. The first-order valence-corrected chi connectivity index (χ1v) is 12.6. The normalized spacial score (nSPS) is 49.6. The molecule has 3 N–H and O–H groups in total. The van der Waals surface area contributed by atoms with Crippen LogP contribution in [0.1, 0.15) is 39.0 Å². The molecule has 3 saturated heterocycles. The maximum absolute atomic E-state index is 12.4. The first-order valence-electron chi connectivity index (χ1n) is 11.7. The minimum atomic E-state index is -0.441. The Morgan fingerprint density at radius 3 is 2.77 bits per heavy atom. The van der Waals surface area contributed by atoms with E-state index in [0.29, 0.717) is 36.3 Å². The third-order valence-corrected chi connectivity index (χ3v) is 9.96. The minimum Gasteiger partial charge on any atom is -0.387 e. The maximum atomic E-state index is 12.4. The number of amides is 2. The summed E-state index contributed by atoms with van der Waals surface area (Å²) >= 11 is 13.6. The zero-order valence-corrected chi connectivity index (χ0v) is 19.4. The molecule has 2 aliphatic carbocycles. The van der Waals surface area contributed by atoms with Gasteiger partial charge in [0.2, 0.25) is 11.8 Å². The second-order valence-electron chi connectivity index (χ2n) is 10.2. The summed E-state index contributed by atoms with van der Waals surface area (Å²) in [5, 5.41) is 16.1. The van der Waals surface area contributed by atoms with E-state index in [1.54, 1.807) is 0 Å². The van der Waals surface area contributed by atoms with Crippen molar-refractivity contribution in [3.8, 4) is 0 Å². The summed E-state index contributed by atoms with van der Waals surface area (Å²) in [6.07, 6.45) is 4.72. The van der Waals surface area contributed by atoms with Crippen molar-refractivity contribution in [1.82, 2.24) is 15.5 Å². The molecule has 0 aromatic carbocycles. The van der Waals surface area contributed by atoms with E-state index in [4.69, 9.17) is 27.9 Å². The topological polar surface area (TPSA) is 90.9 Å². The van der Waals surface area contributed by atoms with E-state index in [2.05, 4.69) is 17.6 Å². The summed E-state index contributed by atoms with van der Waals surface area (Å²) in [6.45, 7) is 2.49. The summed E-state index contributed by atoms with van der Waals surface area (Å²) < 4.78 is 5.90. The zero-order valence-electron chi connectivity index (χ0n) is 17.9. The highest BCUT2D eigenvalue weighted by atomic mass is 35.5. The monoisotopic (exact) mass is 473 g/mol. The Balaban J connectivity index is 1.40. The van der Waals surface area contributed by atoms with Gasteiger partial charge < -0.3 is 25.4 Å². The summed E-state index contributed by atoms with van der Waals surface area (Å²) in [5.74, 6) is 1.30. The van der Waals surface area contributed by atoms with Crippen LogP contribution in [0.15, 0.2) is 0 Å². The number of piperidine rings is 1. The molecule has 9 heteroatoms. The van der Waals surface area contributed by atoms with Crippen LogP contribution in [0.25, 0.3) is 0 Å². The summed E-state index contributed by atoms with van der Waals surface area (Å²) in [6, 6.07) is 0.625. The second kappa shape index (κ2) is 8.64. The molecule has 0 bridgehead atoms. The van der Waals surface area contributed by atoms with Gasteiger partial charge in [-0.1, -0.05) is 0 Å². The Morgan fingerprint density at radius 1 is 1.19 bits per heavy atom. The zero-order chi connectivity index (χ0) is 21.9. The number of carbonyl (C=O) groups excluding carboxylic acids is 2. The first kappa shape index (κ1) is 22.2. The van der Waals surface area contributed by atoms with Gasteiger partial charge >= 0.3 is 0 Å². The van der Waals surface area contributed by atoms with Crippen molar-refractivity contribution in [2.75, 3.05) is 19.8 Å². The molecule has 3 aliphatic heterocycles. The van der Waals surface area contributed by atoms with Crippen molar-refractivity contribution < 1.29 is 19.4 Å². The number of alkyl halides is 2. The number of morpholine rings is 1. The van der Waals surface area contributed by atoms with Crippen molar-refractivity contribution in [2.24, 2.45) is 23.7 Å². The predicted octanol–water partition coefficient (Wildman–Crippen LogP) is 1.09. The van der Waals surface area contributed by atoms with Crippen molar-refractivity contribution in [3.05, 3.63) is 0 Å². The highest BCUT2D eigenvalue weighted by Gasteiger charge is 2.58. The van der Waals surface area contributed by atoms with E-state index in [1.807, 2.05) is 4.90 Å². The molecule has 0 spiro atoms. The molecule has 174 valence electrons.